The number of ether oxygens (including phenoxy) is 4. The van der Waals surface area contributed by atoms with Gasteiger partial charge in [0, 0.05) is 19.0 Å². The molecule has 7 heteroatoms. The lowest BCUT2D eigenvalue weighted by Crippen LogP contribution is -2.29. The van der Waals surface area contributed by atoms with Crippen molar-refractivity contribution in [3.05, 3.63) is 59.7 Å². The molecule has 2 atom stereocenters. The number of carbonyl (C=O) groups is 2. The number of hydrogen-bond donors (Lipinski definition) is 0. The first-order valence-electron chi connectivity index (χ1n) is 9.32. The zero-order chi connectivity index (χ0) is 20.8. The van der Waals surface area contributed by atoms with Crippen molar-refractivity contribution in [2.75, 3.05) is 34.4 Å². The average molecular weight is 399 g/mol. The Kier molecular flexibility index (Phi) is 6.59. The average Bonchev–Trinajstić information content (AvgIpc) is 3.22. The van der Waals surface area contributed by atoms with E-state index in [9.17, 15) is 9.59 Å². The molecular weight excluding hydrogens is 374 g/mol. The summed E-state index contributed by atoms with van der Waals surface area (Å²) in [6, 6.07) is 15.4. The summed E-state index contributed by atoms with van der Waals surface area (Å²) in [5, 5.41) is 0. The molecule has 0 saturated carbocycles. The van der Waals surface area contributed by atoms with Crippen molar-refractivity contribution < 1.29 is 28.5 Å². The minimum Gasteiger partial charge on any atom is -0.493 e. The maximum atomic E-state index is 12.3. The SMILES string of the molecule is COC(=O)[C@@H]1CN(C(=O)OC)C[C@H]1c1ccc(OC)c(OCc2ccccc2)c1. The van der Waals surface area contributed by atoms with Gasteiger partial charge in [-0.15, -0.1) is 0 Å². The second-order valence-corrected chi connectivity index (χ2v) is 6.80. The standard InChI is InChI=1S/C22H25NO6/c1-26-19-10-9-16(11-20(19)29-14-15-7-5-4-6-8-15)17-12-23(22(25)28-3)13-18(17)21(24)27-2/h4-11,17-18H,12-14H2,1-3H3/t17-,18+/m0/s1. The summed E-state index contributed by atoms with van der Waals surface area (Å²) in [5.74, 6) is 0.112. The molecule has 1 aliphatic rings. The first-order valence-corrected chi connectivity index (χ1v) is 9.32. The zero-order valence-corrected chi connectivity index (χ0v) is 16.8. The van der Waals surface area contributed by atoms with Crippen molar-refractivity contribution >= 4 is 12.1 Å². The Morgan fingerprint density at radius 2 is 1.72 bits per heavy atom. The summed E-state index contributed by atoms with van der Waals surface area (Å²) in [7, 11) is 4.25. The highest BCUT2D eigenvalue weighted by atomic mass is 16.5. The van der Waals surface area contributed by atoms with Gasteiger partial charge in [0.1, 0.15) is 6.61 Å². The highest BCUT2D eigenvalue weighted by Gasteiger charge is 2.41. The van der Waals surface area contributed by atoms with Crippen LogP contribution >= 0.6 is 0 Å². The van der Waals surface area contributed by atoms with Crippen molar-refractivity contribution in [3.8, 4) is 11.5 Å². The van der Waals surface area contributed by atoms with Gasteiger partial charge in [0.15, 0.2) is 11.5 Å². The van der Waals surface area contributed by atoms with Crippen LogP contribution in [0.3, 0.4) is 0 Å². The minimum absolute atomic E-state index is 0.230. The number of rotatable bonds is 6. The Balaban J connectivity index is 1.86. The van der Waals surface area contributed by atoms with Crippen LogP contribution in [0.1, 0.15) is 17.0 Å². The van der Waals surface area contributed by atoms with Gasteiger partial charge in [-0.1, -0.05) is 36.4 Å². The topological polar surface area (TPSA) is 74.3 Å². The lowest BCUT2D eigenvalue weighted by Gasteiger charge is -2.19. The van der Waals surface area contributed by atoms with Crippen molar-refractivity contribution in [2.45, 2.75) is 12.5 Å². The molecule has 0 aliphatic carbocycles. The summed E-state index contributed by atoms with van der Waals surface area (Å²) in [5.41, 5.74) is 1.90. The van der Waals surface area contributed by atoms with E-state index in [0.717, 1.165) is 11.1 Å². The van der Waals surface area contributed by atoms with Crippen LogP contribution in [0.2, 0.25) is 0 Å². The fraction of sp³-hybridized carbons (Fsp3) is 0.364. The number of esters is 1. The quantitative estimate of drug-likeness (QED) is 0.695. The molecular formula is C22H25NO6. The fourth-order valence-corrected chi connectivity index (χ4v) is 3.58. The molecule has 0 aromatic heterocycles. The van der Waals surface area contributed by atoms with Crippen LogP contribution in [0.25, 0.3) is 0 Å². The summed E-state index contributed by atoms with van der Waals surface area (Å²) >= 11 is 0. The minimum atomic E-state index is -0.477. The molecule has 1 amide bonds. The van der Waals surface area contributed by atoms with Gasteiger partial charge in [-0.25, -0.2) is 4.79 Å². The second-order valence-electron chi connectivity index (χ2n) is 6.80. The van der Waals surface area contributed by atoms with Gasteiger partial charge in [0.2, 0.25) is 0 Å². The molecule has 1 fully saturated rings. The van der Waals surface area contributed by atoms with Gasteiger partial charge in [0.05, 0.1) is 27.2 Å². The van der Waals surface area contributed by atoms with Gasteiger partial charge < -0.3 is 23.8 Å². The smallest absolute Gasteiger partial charge is 0.409 e. The Hall–Kier alpha value is -3.22. The zero-order valence-electron chi connectivity index (χ0n) is 16.8. The molecule has 7 nitrogen and oxygen atoms in total. The molecule has 154 valence electrons. The number of likely N-dealkylation sites (tertiary alicyclic amines) is 1. The van der Waals surface area contributed by atoms with E-state index in [0.29, 0.717) is 24.7 Å². The van der Waals surface area contributed by atoms with E-state index >= 15 is 0 Å². The van der Waals surface area contributed by atoms with Crippen LogP contribution in [0.5, 0.6) is 11.5 Å². The lowest BCUT2D eigenvalue weighted by molar-refractivity contribution is -0.145. The van der Waals surface area contributed by atoms with Crippen LogP contribution in [0.4, 0.5) is 4.79 Å². The Morgan fingerprint density at radius 1 is 0.966 bits per heavy atom. The third kappa shape index (κ3) is 4.62. The van der Waals surface area contributed by atoms with Crippen LogP contribution in [-0.2, 0) is 20.9 Å². The number of benzene rings is 2. The second kappa shape index (κ2) is 9.32. The normalized spacial score (nSPS) is 18.2. The molecule has 1 aliphatic heterocycles. The molecule has 0 bridgehead atoms. The predicted octanol–water partition coefficient (Wildman–Crippen LogP) is 3.23. The van der Waals surface area contributed by atoms with Crippen LogP contribution < -0.4 is 9.47 Å². The Morgan fingerprint density at radius 3 is 2.38 bits per heavy atom. The first kappa shape index (κ1) is 20.5. The lowest BCUT2D eigenvalue weighted by atomic mass is 9.89. The summed E-state index contributed by atoms with van der Waals surface area (Å²) < 4.78 is 21.2. The maximum absolute atomic E-state index is 12.3. The first-order chi connectivity index (χ1) is 14.1. The molecule has 1 heterocycles. The Bertz CT molecular complexity index is 854. The van der Waals surface area contributed by atoms with E-state index in [1.807, 2.05) is 48.5 Å². The molecule has 2 aromatic rings. The van der Waals surface area contributed by atoms with Crippen molar-refractivity contribution in [1.82, 2.24) is 4.90 Å². The van der Waals surface area contributed by atoms with E-state index < -0.39 is 12.0 Å². The van der Waals surface area contributed by atoms with Crippen LogP contribution in [-0.4, -0.2) is 51.4 Å². The summed E-state index contributed by atoms with van der Waals surface area (Å²) in [4.78, 5) is 25.8. The highest BCUT2D eigenvalue weighted by molar-refractivity contribution is 5.77. The summed E-state index contributed by atoms with van der Waals surface area (Å²) in [6.45, 7) is 0.993. The number of hydrogen-bond acceptors (Lipinski definition) is 6. The van der Waals surface area contributed by atoms with Gasteiger partial charge in [-0.3, -0.25) is 4.79 Å². The molecule has 0 N–H and O–H groups in total. The van der Waals surface area contributed by atoms with E-state index in [1.165, 1.54) is 19.1 Å². The van der Waals surface area contributed by atoms with Gasteiger partial charge in [0.25, 0.3) is 0 Å². The van der Waals surface area contributed by atoms with Crippen molar-refractivity contribution in [2.24, 2.45) is 5.92 Å². The highest BCUT2D eigenvalue weighted by Crippen LogP contribution is 2.38. The molecule has 0 spiro atoms. The number of nitrogens with zero attached hydrogens (tertiary/aromatic N) is 1. The molecule has 1 saturated heterocycles. The molecule has 0 unspecified atom stereocenters. The third-order valence-corrected chi connectivity index (χ3v) is 5.11. The third-order valence-electron chi connectivity index (χ3n) is 5.11. The molecule has 2 aromatic carbocycles. The van der Waals surface area contributed by atoms with Gasteiger partial charge in [-0.2, -0.15) is 0 Å². The Labute approximate surface area is 170 Å². The number of amides is 1. The molecule has 29 heavy (non-hydrogen) atoms. The van der Waals surface area contributed by atoms with Crippen molar-refractivity contribution in [1.29, 1.82) is 0 Å². The predicted molar refractivity (Wildman–Crippen MR) is 106 cm³/mol. The van der Waals surface area contributed by atoms with Gasteiger partial charge >= 0.3 is 12.1 Å². The van der Waals surface area contributed by atoms with Crippen LogP contribution in [0, 0.1) is 5.92 Å². The van der Waals surface area contributed by atoms with E-state index in [-0.39, 0.29) is 18.4 Å². The summed E-state index contributed by atoms with van der Waals surface area (Å²) in [6.07, 6.45) is -0.463. The number of carbonyl (C=O) groups excluding carboxylic acids is 2. The van der Waals surface area contributed by atoms with E-state index in [1.54, 1.807) is 7.11 Å². The van der Waals surface area contributed by atoms with E-state index in [2.05, 4.69) is 0 Å². The molecule has 3 rings (SSSR count). The molecule has 0 radical (unpaired) electrons. The van der Waals surface area contributed by atoms with Gasteiger partial charge in [-0.05, 0) is 23.3 Å². The number of methoxy groups -OCH3 is 3. The van der Waals surface area contributed by atoms with E-state index in [4.69, 9.17) is 18.9 Å². The maximum Gasteiger partial charge on any atom is 0.409 e. The van der Waals surface area contributed by atoms with Crippen molar-refractivity contribution in [3.63, 3.8) is 0 Å². The van der Waals surface area contributed by atoms with Crippen LogP contribution in [0.15, 0.2) is 48.5 Å². The largest absolute Gasteiger partial charge is 0.493 e. The fourth-order valence-electron chi connectivity index (χ4n) is 3.58. The monoisotopic (exact) mass is 399 g/mol.